The zero-order chi connectivity index (χ0) is 18.2. The lowest BCUT2D eigenvalue weighted by Crippen LogP contribution is -2.13. The van der Waals surface area contributed by atoms with Crippen molar-refractivity contribution in [3.8, 4) is 17.1 Å². The van der Waals surface area contributed by atoms with Crippen molar-refractivity contribution in [2.24, 2.45) is 0 Å². The van der Waals surface area contributed by atoms with Gasteiger partial charge in [-0.25, -0.2) is 0 Å². The summed E-state index contributed by atoms with van der Waals surface area (Å²) in [7, 11) is 0. The van der Waals surface area contributed by atoms with Crippen molar-refractivity contribution in [2.75, 3.05) is 0 Å². The summed E-state index contributed by atoms with van der Waals surface area (Å²) in [6, 6.07) is 14.6. The highest BCUT2D eigenvalue weighted by Gasteiger charge is 2.20. The largest absolute Gasteiger partial charge is 0.452 e. The molecule has 1 heterocycles. The van der Waals surface area contributed by atoms with E-state index in [4.69, 9.17) is 9.15 Å². The minimum Gasteiger partial charge on any atom is -0.452 e. The first-order valence-corrected chi connectivity index (χ1v) is 8.12. The lowest BCUT2D eigenvalue weighted by molar-refractivity contribution is -0.131. The van der Waals surface area contributed by atoms with Crippen LogP contribution in [-0.4, -0.2) is 5.97 Å². The summed E-state index contributed by atoms with van der Waals surface area (Å²) in [5.41, 5.74) is 1.97. The molecule has 0 aliphatic carbocycles. The maximum Gasteiger partial charge on any atom is 0.308 e. The number of ether oxygens (including phenoxy) is 1. The molecule has 0 N–H and O–H groups in total. The topological polar surface area (TPSA) is 56.5 Å². The number of rotatable bonds is 2. The quantitative estimate of drug-likeness (QED) is 0.637. The molecule has 0 radical (unpaired) electrons. The van der Waals surface area contributed by atoms with Gasteiger partial charge in [0.05, 0.1) is 5.39 Å². The lowest BCUT2D eigenvalue weighted by Gasteiger charge is -2.19. The van der Waals surface area contributed by atoms with Gasteiger partial charge >= 0.3 is 5.97 Å². The third-order valence-corrected chi connectivity index (χ3v) is 4.02. The third kappa shape index (κ3) is 3.33. The van der Waals surface area contributed by atoms with E-state index in [0.29, 0.717) is 16.5 Å². The molecule has 0 bridgehead atoms. The first-order chi connectivity index (χ1) is 11.8. The summed E-state index contributed by atoms with van der Waals surface area (Å²) in [6.07, 6.45) is 0. The van der Waals surface area contributed by atoms with Crippen LogP contribution in [0.4, 0.5) is 0 Å². The highest BCUT2D eigenvalue weighted by molar-refractivity contribution is 5.83. The second-order valence-corrected chi connectivity index (χ2v) is 7.01. The van der Waals surface area contributed by atoms with Crippen molar-refractivity contribution in [3.63, 3.8) is 0 Å². The fourth-order valence-electron chi connectivity index (χ4n) is 2.67. The van der Waals surface area contributed by atoms with Crippen LogP contribution in [0.2, 0.25) is 0 Å². The number of carbonyl (C=O) groups is 1. The van der Waals surface area contributed by atoms with Crippen molar-refractivity contribution in [1.82, 2.24) is 0 Å². The molecule has 0 atom stereocenters. The Bertz CT molecular complexity index is 989. The number of esters is 1. The van der Waals surface area contributed by atoms with Gasteiger partial charge in [-0.1, -0.05) is 57.2 Å². The maximum atomic E-state index is 12.7. The number of fused-ring (bicyclic) bond motifs is 1. The third-order valence-electron chi connectivity index (χ3n) is 4.02. The molecule has 3 rings (SSSR count). The zero-order valence-electron chi connectivity index (χ0n) is 14.8. The van der Waals surface area contributed by atoms with Crippen molar-refractivity contribution < 1.29 is 13.9 Å². The van der Waals surface area contributed by atoms with E-state index < -0.39 is 5.97 Å². The highest BCUT2D eigenvalue weighted by atomic mass is 16.5. The Morgan fingerprint density at radius 1 is 1.00 bits per heavy atom. The molecular formula is C21H20O4. The summed E-state index contributed by atoms with van der Waals surface area (Å²) in [5, 5.41) is 0.383. The number of hydrogen-bond acceptors (Lipinski definition) is 4. The Hall–Kier alpha value is -2.88. The lowest BCUT2D eigenvalue weighted by atomic mass is 9.86. The van der Waals surface area contributed by atoms with Crippen LogP contribution >= 0.6 is 0 Å². The van der Waals surface area contributed by atoms with Crippen LogP contribution in [-0.2, 0) is 10.2 Å². The fourth-order valence-corrected chi connectivity index (χ4v) is 2.67. The van der Waals surface area contributed by atoms with Crippen LogP contribution in [0.15, 0.2) is 57.7 Å². The van der Waals surface area contributed by atoms with Gasteiger partial charge in [-0.2, -0.15) is 0 Å². The van der Waals surface area contributed by atoms with E-state index in [0.717, 1.165) is 5.56 Å². The SMILES string of the molecule is CC(=O)Oc1c(-c2ccc(C(C)(C)C)cc2)oc2ccccc2c1=O. The molecule has 128 valence electrons. The van der Waals surface area contributed by atoms with Crippen molar-refractivity contribution in [1.29, 1.82) is 0 Å². The minimum absolute atomic E-state index is 0.0153. The summed E-state index contributed by atoms with van der Waals surface area (Å²) >= 11 is 0. The number of hydrogen-bond donors (Lipinski definition) is 0. The monoisotopic (exact) mass is 336 g/mol. The van der Waals surface area contributed by atoms with Gasteiger partial charge in [0.15, 0.2) is 5.76 Å². The molecule has 0 fully saturated rings. The summed E-state index contributed by atoms with van der Waals surface area (Å²) in [5.74, 6) is -0.371. The molecule has 0 aliphatic rings. The van der Waals surface area contributed by atoms with Gasteiger partial charge in [0.2, 0.25) is 11.2 Å². The molecule has 0 amide bonds. The number of benzene rings is 2. The summed E-state index contributed by atoms with van der Waals surface area (Å²) < 4.78 is 11.1. The predicted molar refractivity (Wildman–Crippen MR) is 97.9 cm³/mol. The summed E-state index contributed by atoms with van der Waals surface area (Å²) in [6.45, 7) is 7.65. The van der Waals surface area contributed by atoms with E-state index in [1.54, 1.807) is 24.3 Å². The Morgan fingerprint density at radius 2 is 1.64 bits per heavy atom. The van der Waals surface area contributed by atoms with Gasteiger partial charge in [-0.3, -0.25) is 9.59 Å². The fraction of sp³-hybridized carbons (Fsp3) is 0.238. The average Bonchev–Trinajstić information content (AvgIpc) is 2.56. The van der Waals surface area contributed by atoms with Gasteiger partial charge in [-0.15, -0.1) is 0 Å². The van der Waals surface area contributed by atoms with Crippen LogP contribution in [0.25, 0.3) is 22.3 Å². The standard InChI is InChI=1S/C21H20O4/c1-13(22)24-20-18(23)16-7-5-6-8-17(16)25-19(20)14-9-11-15(12-10-14)21(2,3)4/h5-12H,1-4H3. The molecule has 0 aliphatic heterocycles. The maximum absolute atomic E-state index is 12.7. The van der Waals surface area contributed by atoms with Gasteiger partial charge in [0.1, 0.15) is 5.58 Å². The molecule has 0 unspecified atom stereocenters. The van der Waals surface area contributed by atoms with E-state index in [1.807, 2.05) is 24.3 Å². The predicted octanol–water partition coefficient (Wildman–Crippen LogP) is 4.68. The molecule has 0 saturated heterocycles. The Balaban J connectivity index is 2.23. The van der Waals surface area contributed by atoms with E-state index >= 15 is 0 Å². The average molecular weight is 336 g/mol. The Kier molecular flexibility index (Phi) is 4.21. The molecule has 0 saturated carbocycles. The number of carbonyl (C=O) groups excluding carboxylic acids is 1. The molecule has 25 heavy (non-hydrogen) atoms. The molecule has 1 aromatic heterocycles. The van der Waals surface area contributed by atoms with Crippen molar-refractivity contribution in [2.45, 2.75) is 33.1 Å². The smallest absolute Gasteiger partial charge is 0.308 e. The first kappa shape index (κ1) is 17.0. The molecular weight excluding hydrogens is 316 g/mol. The van der Waals surface area contributed by atoms with Gasteiger partial charge in [0.25, 0.3) is 0 Å². The van der Waals surface area contributed by atoms with E-state index in [-0.39, 0.29) is 22.4 Å². The minimum atomic E-state index is -0.560. The molecule has 2 aromatic carbocycles. The van der Waals surface area contributed by atoms with E-state index in [1.165, 1.54) is 6.92 Å². The number of para-hydroxylation sites is 1. The molecule has 4 nitrogen and oxygen atoms in total. The normalized spacial score (nSPS) is 11.5. The Morgan fingerprint density at radius 3 is 2.24 bits per heavy atom. The Labute approximate surface area is 146 Å². The molecule has 3 aromatic rings. The van der Waals surface area contributed by atoms with Crippen molar-refractivity contribution >= 4 is 16.9 Å². The first-order valence-electron chi connectivity index (χ1n) is 8.12. The van der Waals surface area contributed by atoms with Crippen LogP contribution in [0.1, 0.15) is 33.3 Å². The van der Waals surface area contributed by atoms with Gasteiger partial charge in [0, 0.05) is 12.5 Å². The molecule has 4 heteroatoms. The molecule has 0 spiro atoms. The van der Waals surface area contributed by atoms with Gasteiger partial charge < -0.3 is 9.15 Å². The van der Waals surface area contributed by atoms with Gasteiger partial charge in [-0.05, 0) is 23.1 Å². The van der Waals surface area contributed by atoms with Crippen LogP contribution < -0.4 is 10.2 Å². The van der Waals surface area contributed by atoms with Crippen molar-refractivity contribution in [3.05, 3.63) is 64.3 Å². The van der Waals surface area contributed by atoms with Crippen LogP contribution in [0, 0.1) is 0 Å². The summed E-state index contributed by atoms with van der Waals surface area (Å²) in [4.78, 5) is 24.2. The second-order valence-electron chi connectivity index (χ2n) is 7.01. The zero-order valence-corrected chi connectivity index (χ0v) is 14.8. The highest BCUT2D eigenvalue weighted by Crippen LogP contribution is 2.32. The second kappa shape index (κ2) is 6.20. The van der Waals surface area contributed by atoms with E-state index in [2.05, 4.69) is 20.8 Å². The van der Waals surface area contributed by atoms with Crippen LogP contribution in [0.3, 0.4) is 0 Å². The van der Waals surface area contributed by atoms with E-state index in [9.17, 15) is 9.59 Å². The van der Waals surface area contributed by atoms with Crippen LogP contribution in [0.5, 0.6) is 5.75 Å².